The summed E-state index contributed by atoms with van der Waals surface area (Å²) in [5, 5.41) is 3.33. The summed E-state index contributed by atoms with van der Waals surface area (Å²) >= 11 is 1.38. The molecule has 2 aromatic heterocycles. The van der Waals surface area contributed by atoms with Gasteiger partial charge in [-0.3, -0.25) is 0 Å². The predicted molar refractivity (Wildman–Crippen MR) is 105 cm³/mol. The van der Waals surface area contributed by atoms with Crippen LogP contribution < -0.4 is 5.63 Å². The van der Waals surface area contributed by atoms with E-state index in [4.69, 9.17) is 9.15 Å². The molecule has 0 radical (unpaired) electrons. The molecule has 2 heterocycles. The smallest absolute Gasteiger partial charge is 0.341 e. The van der Waals surface area contributed by atoms with E-state index < -0.39 is 11.6 Å². The van der Waals surface area contributed by atoms with Crippen molar-refractivity contribution in [3.63, 3.8) is 0 Å². The van der Waals surface area contributed by atoms with Gasteiger partial charge in [0.25, 0.3) is 0 Å². The number of hydrogen-bond donors (Lipinski definition) is 0. The van der Waals surface area contributed by atoms with Crippen molar-refractivity contribution in [3.8, 4) is 0 Å². The van der Waals surface area contributed by atoms with Crippen LogP contribution in [0.25, 0.3) is 21.7 Å². The molecule has 0 unspecified atom stereocenters. The van der Waals surface area contributed by atoms with Gasteiger partial charge in [0, 0.05) is 23.2 Å². The lowest BCUT2D eigenvalue weighted by molar-refractivity contribution is 0.0469. The summed E-state index contributed by atoms with van der Waals surface area (Å²) in [6, 6.07) is 16.2. The third kappa shape index (κ3) is 3.31. The molecule has 2 aromatic carbocycles. The van der Waals surface area contributed by atoms with E-state index >= 15 is 0 Å². The molecule has 0 saturated carbocycles. The third-order valence-corrected chi connectivity index (χ3v) is 4.97. The second-order valence-corrected chi connectivity index (χ2v) is 6.68. The minimum atomic E-state index is -0.478. The molecule has 4 rings (SSSR count). The van der Waals surface area contributed by atoms with Crippen LogP contribution in [0.3, 0.4) is 0 Å². The number of hydrogen-bond acceptors (Lipinski definition) is 6. The molecule has 0 N–H and O–H groups in total. The first-order valence-corrected chi connectivity index (χ1v) is 9.50. The summed E-state index contributed by atoms with van der Waals surface area (Å²) in [6.07, 6.45) is 3.48. The first-order chi connectivity index (χ1) is 13.2. The highest BCUT2D eigenvalue weighted by molar-refractivity contribution is 7.98. The average molecular weight is 377 g/mol. The van der Waals surface area contributed by atoms with Gasteiger partial charge in [0.2, 0.25) is 0 Å². The molecule has 0 aliphatic rings. The highest BCUT2D eigenvalue weighted by Crippen LogP contribution is 2.28. The topological polar surface area (TPSA) is 69.4 Å². The Hall–Kier alpha value is -3.12. The van der Waals surface area contributed by atoms with Crippen molar-refractivity contribution in [3.05, 3.63) is 82.3 Å². The molecule has 6 heteroatoms. The van der Waals surface area contributed by atoms with Gasteiger partial charge in [-0.2, -0.15) is 0 Å². The molecule has 134 valence electrons. The Morgan fingerprint density at radius 1 is 1.15 bits per heavy atom. The highest BCUT2D eigenvalue weighted by atomic mass is 32.2. The fourth-order valence-electron chi connectivity index (χ4n) is 3.06. The number of pyridine rings is 1. The summed E-state index contributed by atoms with van der Waals surface area (Å²) < 4.78 is 10.8. The Morgan fingerprint density at radius 3 is 2.85 bits per heavy atom. The van der Waals surface area contributed by atoms with Crippen molar-refractivity contribution in [2.45, 2.75) is 11.6 Å². The van der Waals surface area contributed by atoms with E-state index in [0.29, 0.717) is 21.7 Å². The number of fused-ring (bicyclic) bond motifs is 3. The quantitative estimate of drug-likeness (QED) is 0.227. The Balaban J connectivity index is 1.74. The molecule has 0 spiro atoms. The zero-order valence-electron chi connectivity index (χ0n) is 14.5. The Kier molecular flexibility index (Phi) is 4.64. The molecule has 0 amide bonds. The van der Waals surface area contributed by atoms with Gasteiger partial charge in [-0.15, -0.1) is 11.8 Å². The van der Waals surface area contributed by atoms with Crippen LogP contribution in [-0.4, -0.2) is 17.2 Å². The van der Waals surface area contributed by atoms with Gasteiger partial charge in [0.05, 0.1) is 5.56 Å². The van der Waals surface area contributed by atoms with Crippen molar-refractivity contribution in [2.75, 3.05) is 6.26 Å². The molecular formula is C21H15NO4S. The van der Waals surface area contributed by atoms with Crippen molar-refractivity contribution < 1.29 is 13.9 Å². The fourth-order valence-corrected chi connectivity index (χ4v) is 3.60. The summed E-state index contributed by atoms with van der Waals surface area (Å²) in [6.45, 7) is -0.0301. The number of carbonyl (C=O) groups excluding carboxylic acids is 1. The van der Waals surface area contributed by atoms with Crippen LogP contribution in [0.4, 0.5) is 0 Å². The monoisotopic (exact) mass is 377 g/mol. The van der Waals surface area contributed by atoms with Gasteiger partial charge >= 0.3 is 11.6 Å². The van der Waals surface area contributed by atoms with Crippen LogP contribution >= 0.6 is 11.8 Å². The molecule has 0 aliphatic carbocycles. The van der Waals surface area contributed by atoms with Crippen LogP contribution in [0.2, 0.25) is 0 Å². The number of ether oxygens (including phenoxy) is 1. The lowest BCUT2D eigenvalue weighted by Gasteiger charge is -2.10. The van der Waals surface area contributed by atoms with Gasteiger partial charge in [0.1, 0.15) is 17.2 Å². The Bertz CT molecular complexity index is 1220. The highest BCUT2D eigenvalue weighted by Gasteiger charge is 2.15. The van der Waals surface area contributed by atoms with E-state index in [2.05, 4.69) is 4.98 Å². The zero-order valence-corrected chi connectivity index (χ0v) is 15.3. The standard InChI is InChI=1S/C21H15NO4S/c1-27-20-16(7-4-10-22-20)21(24)25-12-14-11-18(23)26-17-9-8-13-5-2-3-6-15(13)19(14)17/h2-11H,12H2,1H3. The van der Waals surface area contributed by atoms with Crippen LogP contribution in [0.1, 0.15) is 15.9 Å². The van der Waals surface area contributed by atoms with E-state index in [0.717, 1.165) is 16.2 Å². The van der Waals surface area contributed by atoms with Crippen LogP contribution in [-0.2, 0) is 11.3 Å². The molecule has 27 heavy (non-hydrogen) atoms. The summed E-state index contributed by atoms with van der Waals surface area (Å²) in [4.78, 5) is 28.6. The van der Waals surface area contributed by atoms with Gasteiger partial charge in [0.15, 0.2) is 0 Å². The van der Waals surface area contributed by atoms with E-state index in [1.165, 1.54) is 17.8 Å². The Morgan fingerprint density at radius 2 is 2.00 bits per heavy atom. The van der Waals surface area contributed by atoms with Gasteiger partial charge in [-0.1, -0.05) is 30.3 Å². The second kappa shape index (κ2) is 7.25. The summed E-state index contributed by atoms with van der Waals surface area (Å²) in [5.41, 5.74) is 1.01. The van der Waals surface area contributed by atoms with E-state index in [-0.39, 0.29) is 6.61 Å². The lowest BCUT2D eigenvalue weighted by Crippen LogP contribution is -2.09. The van der Waals surface area contributed by atoms with Crippen molar-refractivity contribution in [1.29, 1.82) is 0 Å². The molecule has 0 atom stereocenters. The number of nitrogens with zero attached hydrogens (tertiary/aromatic N) is 1. The number of rotatable bonds is 4. The lowest BCUT2D eigenvalue weighted by atomic mass is 10.0. The minimum absolute atomic E-state index is 0.0301. The maximum Gasteiger partial charge on any atom is 0.341 e. The van der Waals surface area contributed by atoms with Crippen LogP contribution in [0, 0.1) is 0 Å². The summed E-state index contributed by atoms with van der Waals surface area (Å²) in [7, 11) is 0. The average Bonchev–Trinajstić information content (AvgIpc) is 2.71. The first-order valence-electron chi connectivity index (χ1n) is 8.28. The number of esters is 1. The van der Waals surface area contributed by atoms with Crippen LogP contribution in [0.15, 0.2) is 75.0 Å². The molecule has 0 saturated heterocycles. The number of thioether (sulfide) groups is 1. The summed E-state index contributed by atoms with van der Waals surface area (Å²) in [5.74, 6) is -0.478. The van der Waals surface area contributed by atoms with Gasteiger partial charge in [-0.25, -0.2) is 14.6 Å². The molecule has 0 aliphatic heterocycles. The largest absolute Gasteiger partial charge is 0.457 e. The van der Waals surface area contributed by atoms with Gasteiger partial charge < -0.3 is 9.15 Å². The van der Waals surface area contributed by atoms with E-state index in [1.807, 2.05) is 36.6 Å². The van der Waals surface area contributed by atoms with E-state index in [1.54, 1.807) is 24.4 Å². The molecule has 0 fully saturated rings. The van der Waals surface area contributed by atoms with Crippen molar-refractivity contribution in [2.24, 2.45) is 0 Å². The fraction of sp³-hybridized carbons (Fsp3) is 0.0952. The SMILES string of the molecule is CSc1ncccc1C(=O)OCc1cc(=O)oc2ccc3ccccc3c12. The normalized spacial score (nSPS) is 11.0. The maximum atomic E-state index is 12.5. The molecule has 4 aromatic rings. The van der Waals surface area contributed by atoms with Crippen molar-refractivity contribution in [1.82, 2.24) is 4.98 Å². The Labute approximate surface area is 159 Å². The van der Waals surface area contributed by atoms with Gasteiger partial charge in [-0.05, 0) is 35.2 Å². The zero-order chi connectivity index (χ0) is 18.8. The molecule has 0 bridgehead atoms. The first kappa shape index (κ1) is 17.3. The second-order valence-electron chi connectivity index (χ2n) is 5.89. The van der Waals surface area contributed by atoms with Crippen LogP contribution in [0.5, 0.6) is 0 Å². The number of benzene rings is 2. The van der Waals surface area contributed by atoms with E-state index in [9.17, 15) is 9.59 Å². The molecular weight excluding hydrogens is 362 g/mol. The number of carbonyl (C=O) groups is 1. The third-order valence-electron chi connectivity index (χ3n) is 4.26. The maximum absolute atomic E-state index is 12.5. The predicted octanol–water partition coefficient (Wildman–Crippen LogP) is 4.42. The minimum Gasteiger partial charge on any atom is -0.457 e. The number of aromatic nitrogens is 1. The van der Waals surface area contributed by atoms with Crippen molar-refractivity contribution >= 4 is 39.5 Å². The molecule has 5 nitrogen and oxygen atoms in total.